The number of nitrogens with zero attached hydrogens (tertiary/aromatic N) is 2. The van der Waals surface area contributed by atoms with Crippen molar-refractivity contribution in [3.8, 4) is 0 Å². The van der Waals surface area contributed by atoms with E-state index in [2.05, 4.69) is 24.1 Å². The largest absolute Gasteiger partial charge is 0.383 e. The van der Waals surface area contributed by atoms with E-state index in [1.807, 2.05) is 6.07 Å². The Morgan fingerprint density at radius 2 is 1.89 bits per heavy atom. The van der Waals surface area contributed by atoms with Gasteiger partial charge < -0.3 is 19.7 Å². The van der Waals surface area contributed by atoms with Crippen LogP contribution in [0.25, 0.3) is 0 Å². The molecule has 2 aromatic rings. The number of carbonyl (C=O) groups excluding carboxylic acids is 3. The van der Waals surface area contributed by atoms with E-state index in [9.17, 15) is 14.4 Å². The first kappa shape index (κ1) is 34.3. The van der Waals surface area contributed by atoms with E-state index < -0.39 is 34.6 Å². The van der Waals surface area contributed by atoms with Crippen LogP contribution >= 0.6 is 23.2 Å². The Kier molecular flexibility index (Phi) is 9.50. The monoisotopic (exact) mass is 687 g/mol. The highest BCUT2D eigenvalue weighted by Crippen LogP contribution is 2.72. The molecule has 2 amide bonds. The van der Waals surface area contributed by atoms with E-state index in [0.717, 1.165) is 31.2 Å². The van der Waals surface area contributed by atoms with Crippen molar-refractivity contribution in [2.45, 2.75) is 82.7 Å². The zero-order valence-electron chi connectivity index (χ0n) is 27.5. The van der Waals surface area contributed by atoms with Gasteiger partial charge in [0.1, 0.15) is 11.9 Å². The van der Waals surface area contributed by atoms with E-state index in [1.165, 1.54) is 6.20 Å². The average molecular weight is 689 g/mol. The van der Waals surface area contributed by atoms with Crippen LogP contribution in [0.2, 0.25) is 10.2 Å². The Balaban J connectivity index is 1.37. The number of likely N-dealkylation sites (N-methyl/N-ethyl adjacent to an activating group) is 1. The summed E-state index contributed by atoms with van der Waals surface area (Å²) in [5, 5.41) is 3.31. The second-order valence-corrected chi connectivity index (χ2v) is 15.7. The Morgan fingerprint density at radius 3 is 2.57 bits per heavy atom. The van der Waals surface area contributed by atoms with Crippen LogP contribution in [0.5, 0.6) is 0 Å². The van der Waals surface area contributed by atoms with Crippen LogP contribution in [0, 0.1) is 28.5 Å². The van der Waals surface area contributed by atoms with E-state index in [-0.39, 0.29) is 52.7 Å². The molecule has 2 aliphatic carbocycles. The highest BCUT2D eigenvalue weighted by Gasteiger charge is 2.72. The first-order valence-corrected chi connectivity index (χ1v) is 17.4. The van der Waals surface area contributed by atoms with Crippen LogP contribution in [0.3, 0.4) is 0 Å². The van der Waals surface area contributed by atoms with Gasteiger partial charge >= 0.3 is 0 Å². The van der Waals surface area contributed by atoms with Crippen molar-refractivity contribution in [3.05, 3.63) is 57.6 Å². The van der Waals surface area contributed by atoms with Gasteiger partial charge in [-0.2, -0.15) is 0 Å². The summed E-state index contributed by atoms with van der Waals surface area (Å²) in [5.41, 5.74) is -0.100. The molecular weight excluding hydrogens is 644 g/mol. The summed E-state index contributed by atoms with van der Waals surface area (Å²) in [7, 11) is 3.32. The van der Waals surface area contributed by atoms with Crippen molar-refractivity contribution in [1.82, 2.24) is 9.88 Å². The average Bonchev–Trinajstić information content (AvgIpc) is 3.50. The van der Waals surface area contributed by atoms with Crippen LogP contribution in [-0.4, -0.2) is 67.5 Å². The van der Waals surface area contributed by atoms with Gasteiger partial charge in [0.15, 0.2) is 11.0 Å². The molecule has 1 N–H and O–H groups in total. The van der Waals surface area contributed by atoms with Crippen molar-refractivity contribution < 1.29 is 28.2 Å². The van der Waals surface area contributed by atoms with Crippen LogP contribution in [0.1, 0.15) is 82.3 Å². The number of benzene rings is 1. The number of aromatic nitrogens is 1. The van der Waals surface area contributed by atoms with Crippen molar-refractivity contribution >= 4 is 46.5 Å². The standard InChI is InChI=1S/C36H44Cl2FN3O5/c1-34(2)10-12-35(13-11-34)19-24(27(43)17-21-5-8-28(47-20-21)32(44)42(3)15-16-46-4)29(23-9-14-40-31(38)30(23)39)36(35)25-7-6-22(37)18-26(25)41-33(36)45/h6-7,9,14,18,21,24,28-29H,5,8,10-13,15-17,19-20H2,1-4H3,(H,41,45)/t21-,24-,28-,29-,36+/m0/s1. The summed E-state index contributed by atoms with van der Waals surface area (Å²) in [4.78, 5) is 47.8. The van der Waals surface area contributed by atoms with Gasteiger partial charge in [0.2, 0.25) is 5.91 Å². The predicted octanol–water partition coefficient (Wildman–Crippen LogP) is 6.97. The summed E-state index contributed by atoms with van der Waals surface area (Å²) in [6.07, 6.45) is 5.94. The molecule has 1 saturated heterocycles. The molecule has 5 atom stereocenters. The maximum atomic E-state index is 16.2. The normalized spacial score (nSPS) is 29.1. The minimum Gasteiger partial charge on any atom is -0.383 e. The molecule has 0 radical (unpaired) electrons. The maximum Gasteiger partial charge on any atom is 0.251 e. The Hall–Kier alpha value is -2.59. The zero-order valence-corrected chi connectivity index (χ0v) is 29.1. The van der Waals surface area contributed by atoms with Gasteiger partial charge in [-0.05, 0) is 91.0 Å². The molecule has 47 heavy (non-hydrogen) atoms. The van der Waals surface area contributed by atoms with Crippen LogP contribution < -0.4 is 5.32 Å². The van der Waals surface area contributed by atoms with E-state index in [1.54, 1.807) is 37.3 Å². The molecule has 3 fully saturated rings. The molecular formula is C36H44Cl2FN3O5. The number of anilines is 1. The van der Waals surface area contributed by atoms with Gasteiger partial charge in [-0.1, -0.05) is 43.1 Å². The summed E-state index contributed by atoms with van der Waals surface area (Å²) in [6, 6.07) is 6.99. The Labute approximate surface area is 286 Å². The number of pyridine rings is 1. The number of ketones is 1. The van der Waals surface area contributed by atoms with Crippen molar-refractivity contribution in [1.29, 1.82) is 0 Å². The number of halogens is 3. The lowest BCUT2D eigenvalue weighted by Gasteiger charge is -2.51. The lowest BCUT2D eigenvalue weighted by molar-refractivity contribution is -0.148. The molecule has 6 rings (SSSR count). The summed E-state index contributed by atoms with van der Waals surface area (Å²) < 4.78 is 27.3. The molecule has 4 aliphatic rings. The third-order valence-electron chi connectivity index (χ3n) is 11.7. The van der Waals surface area contributed by atoms with Gasteiger partial charge in [-0.3, -0.25) is 14.4 Å². The third kappa shape index (κ3) is 5.89. The smallest absolute Gasteiger partial charge is 0.251 e. The lowest BCUT2D eigenvalue weighted by Crippen LogP contribution is -2.52. The summed E-state index contributed by atoms with van der Waals surface area (Å²) in [5.74, 6) is -2.56. The Bertz CT molecular complexity index is 1550. The molecule has 1 aromatic heterocycles. The fraction of sp³-hybridized carbons (Fsp3) is 0.611. The molecule has 0 unspecified atom stereocenters. The third-order valence-corrected chi connectivity index (χ3v) is 12.2. The fourth-order valence-electron chi connectivity index (χ4n) is 9.08. The first-order chi connectivity index (χ1) is 22.3. The van der Waals surface area contributed by atoms with Gasteiger partial charge in [-0.25, -0.2) is 9.37 Å². The number of methoxy groups -OCH3 is 1. The number of Topliss-reactive ketones (excluding diaryl/α,β-unsaturated/α-hetero) is 1. The number of ether oxygens (including phenoxy) is 2. The van der Waals surface area contributed by atoms with Crippen molar-refractivity contribution in [2.24, 2.45) is 22.7 Å². The fourth-order valence-corrected chi connectivity index (χ4v) is 9.42. The molecule has 2 spiro atoms. The van der Waals surface area contributed by atoms with E-state index >= 15 is 4.39 Å². The van der Waals surface area contributed by atoms with Crippen LogP contribution in [0.15, 0.2) is 30.5 Å². The number of carbonyl (C=O) groups is 3. The number of hydrogen-bond donors (Lipinski definition) is 1. The maximum absolute atomic E-state index is 16.2. The summed E-state index contributed by atoms with van der Waals surface area (Å²) >= 11 is 12.7. The lowest BCUT2D eigenvalue weighted by atomic mass is 9.51. The highest BCUT2D eigenvalue weighted by atomic mass is 35.5. The molecule has 8 nitrogen and oxygen atoms in total. The molecule has 1 aromatic carbocycles. The van der Waals surface area contributed by atoms with E-state index in [0.29, 0.717) is 43.1 Å². The quantitative estimate of drug-likeness (QED) is 0.301. The van der Waals surface area contributed by atoms with Gasteiger partial charge in [0.05, 0.1) is 18.6 Å². The van der Waals surface area contributed by atoms with Crippen LogP contribution in [-0.2, 0) is 29.3 Å². The molecule has 3 heterocycles. The number of nitrogens with one attached hydrogen (secondary N) is 1. The van der Waals surface area contributed by atoms with Crippen molar-refractivity contribution in [2.75, 3.05) is 39.2 Å². The first-order valence-electron chi connectivity index (χ1n) is 16.6. The van der Waals surface area contributed by atoms with Gasteiger partial charge in [-0.15, -0.1) is 0 Å². The van der Waals surface area contributed by atoms with Crippen LogP contribution in [0.4, 0.5) is 10.1 Å². The minimum absolute atomic E-state index is 0.0192. The highest BCUT2D eigenvalue weighted by molar-refractivity contribution is 6.31. The van der Waals surface area contributed by atoms with Gasteiger partial charge in [0.25, 0.3) is 5.91 Å². The molecule has 2 saturated carbocycles. The number of hydrogen-bond acceptors (Lipinski definition) is 6. The molecule has 0 bridgehead atoms. The topological polar surface area (TPSA) is 97.8 Å². The minimum atomic E-state index is -1.21. The molecule has 11 heteroatoms. The number of fused-ring (bicyclic) bond motifs is 3. The van der Waals surface area contributed by atoms with Gasteiger partial charge in [0, 0.05) is 55.9 Å². The Morgan fingerprint density at radius 1 is 1.15 bits per heavy atom. The number of amides is 2. The molecule has 2 aliphatic heterocycles. The predicted molar refractivity (Wildman–Crippen MR) is 178 cm³/mol. The second kappa shape index (κ2) is 13.0. The van der Waals surface area contributed by atoms with E-state index in [4.69, 9.17) is 32.7 Å². The zero-order chi connectivity index (χ0) is 33.7. The van der Waals surface area contributed by atoms with Crippen molar-refractivity contribution in [3.63, 3.8) is 0 Å². The number of rotatable bonds is 8. The SMILES string of the molecule is COCCN(C)C(=O)[C@@H]1CC[C@@H](CC(=O)[C@@H]2CC3(CCC(C)(C)CC3)[C@@]3(C(=O)Nc4cc(Cl)ccc43)[C@H]2c2ccnc(Cl)c2F)CO1. The molecule has 254 valence electrons. The summed E-state index contributed by atoms with van der Waals surface area (Å²) in [6.45, 7) is 5.66. The second-order valence-electron chi connectivity index (χ2n) is 14.9.